The van der Waals surface area contributed by atoms with Crippen LogP contribution in [0, 0.1) is 0 Å². The highest BCUT2D eigenvalue weighted by Crippen LogP contribution is 2.23. The molecule has 5 rings (SSSR count). The lowest BCUT2D eigenvalue weighted by Crippen LogP contribution is -2.35. The first kappa shape index (κ1) is 24.4. The number of nitrogens with one attached hydrogen (secondary N) is 2. The number of benzene rings is 3. The average Bonchev–Trinajstić information content (AvgIpc) is 2.92. The number of amides is 1. The van der Waals surface area contributed by atoms with Gasteiger partial charge in [-0.15, -0.1) is 0 Å². The number of nitrogens with zero attached hydrogens (tertiary/aromatic N) is 3. The zero-order chi connectivity index (χ0) is 25.6. The van der Waals surface area contributed by atoms with Gasteiger partial charge in [0.25, 0.3) is 5.91 Å². The molecule has 9 nitrogen and oxygen atoms in total. The van der Waals surface area contributed by atoms with Gasteiger partial charge in [-0.1, -0.05) is 30.3 Å². The van der Waals surface area contributed by atoms with Crippen LogP contribution in [0.2, 0.25) is 0 Å². The van der Waals surface area contributed by atoms with E-state index in [1.807, 2.05) is 48.5 Å². The second-order valence-electron chi connectivity index (χ2n) is 8.83. The lowest BCUT2D eigenvalue weighted by molar-refractivity contribution is 0.0342. The van der Waals surface area contributed by atoms with Gasteiger partial charge in [0.05, 0.1) is 24.3 Å². The number of ether oxygens (including phenoxy) is 1. The third-order valence-electron chi connectivity index (χ3n) is 6.24. The Bertz CT molecular complexity index is 1440. The lowest BCUT2D eigenvalue weighted by atomic mass is 10.1. The Hall–Kier alpha value is -4.34. The van der Waals surface area contributed by atoms with Crippen molar-refractivity contribution in [3.8, 4) is 0 Å². The van der Waals surface area contributed by atoms with E-state index in [2.05, 4.69) is 25.5 Å². The van der Waals surface area contributed by atoms with Crippen LogP contribution >= 0.6 is 0 Å². The number of anilines is 2. The highest BCUT2D eigenvalue weighted by molar-refractivity contribution is 6.05. The van der Waals surface area contributed by atoms with Crippen molar-refractivity contribution in [1.82, 2.24) is 14.9 Å². The molecule has 1 aliphatic rings. The van der Waals surface area contributed by atoms with Crippen LogP contribution in [0.5, 0.6) is 0 Å². The van der Waals surface area contributed by atoms with Gasteiger partial charge < -0.3 is 20.5 Å². The van der Waals surface area contributed by atoms with Gasteiger partial charge in [-0.05, 0) is 47.5 Å². The van der Waals surface area contributed by atoms with Gasteiger partial charge in [0.2, 0.25) is 0 Å². The highest BCUT2D eigenvalue weighted by Gasteiger charge is 2.14. The van der Waals surface area contributed by atoms with Crippen LogP contribution in [0.15, 0.2) is 73.1 Å². The van der Waals surface area contributed by atoms with Gasteiger partial charge in [-0.3, -0.25) is 9.69 Å². The van der Waals surface area contributed by atoms with Crippen molar-refractivity contribution in [2.24, 2.45) is 0 Å². The minimum absolute atomic E-state index is 0.127. The summed E-state index contributed by atoms with van der Waals surface area (Å²) in [5, 5.41) is 16.3. The van der Waals surface area contributed by atoms with E-state index in [0.29, 0.717) is 34.5 Å². The number of fused-ring (bicyclic) bond motifs is 1. The number of para-hydroxylation sites is 1. The molecule has 0 aliphatic carbocycles. The summed E-state index contributed by atoms with van der Waals surface area (Å²) in [5.41, 5.74) is 3.82. The molecule has 1 fully saturated rings. The Labute approximate surface area is 214 Å². The Morgan fingerprint density at radius 2 is 1.73 bits per heavy atom. The Balaban J connectivity index is 1.25. The fourth-order valence-electron chi connectivity index (χ4n) is 4.38. The smallest absolute Gasteiger partial charge is 0.337 e. The highest BCUT2D eigenvalue weighted by atomic mass is 16.5. The fraction of sp³-hybridized carbons (Fsp3) is 0.214. The Morgan fingerprint density at radius 3 is 2.57 bits per heavy atom. The van der Waals surface area contributed by atoms with Crippen molar-refractivity contribution in [3.05, 3.63) is 95.3 Å². The maximum absolute atomic E-state index is 13.0. The second kappa shape index (κ2) is 11.2. The molecule has 1 saturated heterocycles. The standard InChI is InChI=1S/C28H27N5O4/c34-27(21-6-1-5-20(14-21)17-33-10-12-37-13-11-33)32-22-7-2-4-19(15-22)16-29-26-23-8-3-9-24(28(35)36)25(23)30-18-31-26/h1-9,14-15,18H,10-13,16-17H2,(H,32,34)(H,35,36)(H,29,30,31). The first-order valence-electron chi connectivity index (χ1n) is 12.1. The van der Waals surface area contributed by atoms with Crippen molar-refractivity contribution in [2.75, 3.05) is 36.9 Å². The van der Waals surface area contributed by atoms with Gasteiger partial charge >= 0.3 is 5.97 Å². The SMILES string of the molecule is O=C(Nc1cccc(CNc2ncnc3c(C(=O)O)cccc23)c1)c1cccc(CN2CCOCC2)c1. The number of morpholine rings is 1. The second-order valence-corrected chi connectivity index (χ2v) is 8.83. The Morgan fingerprint density at radius 1 is 0.946 bits per heavy atom. The van der Waals surface area contributed by atoms with Crippen LogP contribution in [-0.4, -0.2) is 58.2 Å². The molecule has 0 spiro atoms. The molecule has 0 saturated carbocycles. The van der Waals surface area contributed by atoms with E-state index in [4.69, 9.17) is 4.74 Å². The number of carbonyl (C=O) groups is 2. The average molecular weight is 498 g/mol. The topological polar surface area (TPSA) is 117 Å². The number of carboxylic acids is 1. The molecule has 188 valence electrons. The van der Waals surface area contributed by atoms with Crippen LogP contribution in [0.3, 0.4) is 0 Å². The summed E-state index contributed by atoms with van der Waals surface area (Å²) in [5.74, 6) is -0.665. The molecule has 1 aromatic heterocycles. The summed E-state index contributed by atoms with van der Waals surface area (Å²) >= 11 is 0. The molecule has 1 aliphatic heterocycles. The van der Waals surface area contributed by atoms with E-state index in [-0.39, 0.29) is 11.5 Å². The number of carboxylic acid groups (broad SMARTS) is 1. The van der Waals surface area contributed by atoms with Gasteiger partial charge in [-0.2, -0.15) is 0 Å². The number of hydrogen-bond acceptors (Lipinski definition) is 7. The number of carbonyl (C=O) groups excluding carboxylic acids is 1. The minimum atomic E-state index is -1.04. The zero-order valence-electron chi connectivity index (χ0n) is 20.2. The van der Waals surface area contributed by atoms with E-state index in [0.717, 1.165) is 44.0 Å². The molecular formula is C28H27N5O4. The van der Waals surface area contributed by atoms with Crippen LogP contribution in [0.25, 0.3) is 10.9 Å². The van der Waals surface area contributed by atoms with Crippen LogP contribution < -0.4 is 10.6 Å². The molecule has 37 heavy (non-hydrogen) atoms. The molecule has 0 bridgehead atoms. The number of hydrogen-bond donors (Lipinski definition) is 3. The summed E-state index contributed by atoms with van der Waals surface area (Å²) < 4.78 is 5.41. The molecule has 1 amide bonds. The predicted molar refractivity (Wildman–Crippen MR) is 141 cm³/mol. The van der Waals surface area contributed by atoms with Crippen molar-refractivity contribution in [1.29, 1.82) is 0 Å². The third-order valence-corrected chi connectivity index (χ3v) is 6.24. The zero-order valence-corrected chi connectivity index (χ0v) is 20.2. The molecule has 2 heterocycles. The van der Waals surface area contributed by atoms with Gasteiger partial charge in [0.1, 0.15) is 12.1 Å². The monoisotopic (exact) mass is 497 g/mol. The summed E-state index contributed by atoms with van der Waals surface area (Å²) in [6.07, 6.45) is 1.35. The number of aromatic carboxylic acids is 1. The molecule has 0 radical (unpaired) electrons. The van der Waals surface area contributed by atoms with E-state index in [9.17, 15) is 14.7 Å². The van der Waals surface area contributed by atoms with Crippen LogP contribution in [0.4, 0.5) is 11.5 Å². The molecule has 0 unspecified atom stereocenters. The van der Waals surface area contributed by atoms with Crippen molar-refractivity contribution in [3.63, 3.8) is 0 Å². The van der Waals surface area contributed by atoms with E-state index in [1.54, 1.807) is 12.1 Å². The minimum Gasteiger partial charge on any atom is -0.478 e. The van der Waals surface area contributed by atoms with Gasteiger partial charge in [0.15, 0.2) is 0 Å². The fourth-order valence-corrected chi connectivity index (χ4v) is 4.38. The van der Waals surface area contributed by atoms with E-state index >= 15 is 0 Å². The van der Waals surface area contributed by atoms with Crippen molar-refractivity contribution >= 4 is 34.3 Å². The van der Waals surface area contributed by atoms with Crippen LogP contribution in [0.1, 0.15) is 31.8 Å². The molecule has 3 N–H and O–H groups in total. The molecule has 3 aromatic carbocycles. The van der Waals surface area contributed by atoms with E-state index in [1.165, 1.54) is 12.4 Å². The predicted octanol–water partition coefficient (Wildman–Crippen LogP) is 4.02. The largest absolute Gasteiger partial charge is 0.478 e. The molecule has 0 atom stereocenters. The summed E-state index contributed by atoms with van der Waals surface area (Å²) in [6.45, 7) is 4.48. The molecule has 4 aromatic rings. The summed E-state index contributed by atoms with van der Waals surface area (Å²) in [4.78, 5) is 35.2. The summed E-state index contributed by atoms with van der Waals surface area (Å²) in [7, 11) is 0. The van der Waals surface area contributed by atoms with Gasteiger partial charge in [-0.25, -0.2) is 14.8 Å². The maximum atomic E-state index is 13.0. The van der Waals surface area contributed by atoms with Crippen molar-refractivity contribution in [2.45, 2.75) is 13.1 Å². The number of aromatic nitrogens is 2. The van der Waals surface area contributed by atoms with E-state index < -0.39 is 5.97 Å². The molecule has 9 heteroatoms. The number of rotatable bonds is 8. The van der Waals surface area contributed by atoms with Gasteiger partial charge in [0, 0.05) is 42.8 Å². The molecular weight excluding hydrogens is 470 g/mol. The maximum Gasteiger partial charge on any atom is 0.337 e. The summed E-state index contributed by atoms with van der Waals surface area (Å²) in [6, 6.07) is 20.2. The first-order valence-corrected chi connectivity index (χ1v) is 12.1. The first-order chi connectivity index (χ1) is 18.1. The van der Waals surface area contributed by atoms with Crippen molar-refractivity contribution < 1.29 is 19.4 Å². The lowest BCUT2D eigenvalue weighted by Gasteiger charge is -2.26. The quantitative estimate of drug-likeness (QED) is 0.334. The normalized spacial score (nSPS) is 13.8. The Kier molecular flexibility index (Phi) is 7.34. The van der Waals surface area contributed by atoms with Crippen LogP contribution in [-0.2, 0) is 17.8 Å². The third kappa shape index (κ3) is 5.91.